The van der Waals surface area contributed by atoms with E-state index < -0.39 is 0 Å². The van der Waals surface area contributed by atoms with Gasteiger partial charge in [0.05, 0.1) is 7.11 Å². The highest BCUT2D eigenvalue weighted by molar-refractivity contribution is 7.98. The summed E-state index contributed by atoms with van der Waals surface area (Å²) in [5.41, 5.74) is 2.61. The lowest BCUT2D eigenvalue weighted by atomic mass is 10.1. The predicted molar refractivity (Wildman–Crippen MR) is 81.5 cm³/mol. The van der Waals surface area contributed by atoms with Crippen molar-refractivity contribution in [1.29, 1.82) is 0 Å². The van der Waals surface area contributed by atoms with Gasteiger partial charge >= 0.3 is 0 Å². The van der Waals surface area contributed by atoms with Crippen LogP contribution in [0, 0.1) is 5.92 Å². The lowest BCUT2D eigenvalue weighted by molar-refractivity contribution is 0.411. The van der Waals surface area contributed by atoms with Crippen LogP contribution in [-0.2, 0) is 5.75 Å². The van der Waals surface area contributed by atoms with Crippen molar-refractivity contribution in [2.45, 2.75) is 32.6 Å². The molecule has 18 heavy (non-hydrogen) atoms. The van der Waals surface area contributed by atoms with Crippen molar-refractivity contribution in [3.05, 3.63) is 29.3 Å². The zero-order valence-corrected chi connectivity index (χ0v) is 12.9. The van der Waals surface area contributed by atoms with E-state index in [0.717, 1.165) is 17.4 Å². The van der Waals surface area contributed by atoms with Gasteiger partial charge in [-0.25, -0.2) is 0 Å². The number of benzene rings is 1. The van der Waals surface area contributed by atoms with Gasteiger partial charge in [-0.15, -0.1) is 0 Å². The second-order valence-corrected chi connectivity index (χ2v) is 6.02. The van der Waals surface area contributed by atoms with E-state index >= 15 is 0 Å². The summed E-state index contributed by atoms with van der Waals surface area (Å²) in [6.07, 6.45) is 0. The molecular weight excluding hydrogens is 242 g/mol. The van der Waals surface area contributed by atoms with Crippen LogP contribution in [0.3, 0.4) is 0 Å². The molecule has 0 amide bonds. The quantitative estimate of drug-likeness (QED) is 0.810. The van der Waals surface area contributed by atoms with Gasteiger partial charge in [0.15, 0.2) is 0 Å². The number of ether oxygens (including phenoxy) is 1. The first-order chi connectivity index (χ1) is 8.58. The topological polar surface area (TPSA) is 21.3 Å². The maximum atomic E-state index is 5.44. The first kappa shape index (κ1) is 15.4. The molecule has 1 atom stereocenters. The zero-order valence-electron chi connectivity index (χ0n) is 12.1. The van der Waals surface area contributed by atoms with Crippen LogP contribution in [0.1, 0.15) is 37.9 Å². The average Bonchev–Trinajstić information content (AvgIpc) is 2.37. The van der Waals surface area contributed by atoms with E-state index in [-0.39, 0.29) is 0 Å². The molecular formula is C15H25NOS. The van der Waals surface area contributed by atoms with Crippen LogP contribution in [-0.4, -0.2) is 19.9 Å². The maximum absolute atomic E-state index is 5.44. The van der Waals surface area contributed by atoms with Crippen molar-refractivity contribution in [1.82, 2.24) is 5.32 Å². The molecule has 1 aromatic carbocycles. The molecule has 0 fully saturated rings. The van der Waals surface area contributed by atoms with Crippen molar-refractivity contribution in [2.75, 3.05) is 19.9 Å². The lowest BCUT2D eigenvalue weighted by Gasteiger charge is -2.15. The standard InChI is InChI=1S/C15H25NOS/c1-11(2)9-18-10-14-8-13(12(3)16-4)6-7-15(14)17-5/h6-8,11-12,16H,9-10H2,1-5H3. The highest BCUT2D eigenvalue weighted by Gasteiger charge is 2.08. The molecule has 1 aromatic rings. The number of hydrogen-bond acceptors (Lipinski definition) is 3. The Morgan fingerprint density at radius 2 is 2.00 bits per heavy atom. The number of thioether (sulfide) groups is 1. The van der Waals surface area contributed by atoms with E-state index in [1.165, 1.54) is 16.9 Å². The van der Waals surface area contributed by atoms with Crippen molar-refractivity contribution >= 4 is 11.8 Å². The van der Waals surface area contributed by atoms with Gasteiger partial charge < -0.3 is 10.1 Å². The van der Waals surface area contributed by atoms with Crippen LogP contribution in [0.25, 0.3) is 0 Å². The smallest absolute Gasteiger partial charge is 0.122 e. The molecule has 0 aliphatic carbocycles. The third kappa shape index (κ3) is 4.54. The van der Waals surface area contributed by atoms with E-state index in [9.17, 15) is 0 Å². The fraction of sp³-hybridized carbons (Fsp3) is 0.600. The molecule has 0 heterocycles. The van der Waals surface area contributed by atoms with Crippen LogP contribution >= 0.6 is 11.8 Å². The minimum atomic E-state index is 0.379. The minimum absolute atomic E-state index is 0.379. The Kier molecular flexibility index (Phi) is 6.58. The summed E-state index contributed by atoms with van der Waals surface area (Å²) in [5.74, 6) is 3.94. The highest BCUT2D eigenvalue weighted by atomic mass is 32.2. The summed E-state index contributed by atoms with van der Waals surface area (Å²) in [7, 11) is 3.73. The maximum Gasteiger partial charge on any atom is 0.122 e. The lowest BCUT2D eigenvalue weighted by Crippen LogP contribution is -2.12. The van der Waals surface area contributed by atoms with Gasteiger partial charge in [-0.1, -0.05) is 19.9 Å². The molecule has 0 aliphatic heterocycles. The Hall–Kier alpha value is -0.670. The number of nitrogens with one attached hydrogen (secondary N) is 1. The molecule has 0 spiro atoms. The van der Waals surface area contributed by atoms with Gasteiger partial charge in [-0.3, -0.25) is 0 Å². The van der Waals surface area contributed by atoms with Crippen LogP contribution in [0.5, 0.6) is 5.75 Å². The van der Waals surface area contributed by atoms with E-state index in [2.05, 4.69) is 44.3 Å². The summed E-state index contributed by atoms with van der Waals surface area (Å²) >= 11 is 1.97. The Bertz CT molecular complexity index is 366. The van der Waals surface area contributed by atoms with Gasteiger partial charge in [-0.05, 0) is 43.3 Å². The van der Waals surface area contributed by atoms with E-state index in [1.807, 2.05) is 18.8 Å². The molecule has 0 aromatic heterocycles. The second-order valence-electron chi connectivity index (χ2n) is 4.99. The average molecular weight is 267 g/mol. The molecule has 0 aliphatic rings. The zero-order chi connectivity index (χ0) is 13.5. The van der Waals surface area contributed by atoms with Gasteiger partial charge in [-0.2, -0.15) is 11.8 Å². The van der Waals surface area contributed by atoms with Gasteiger partial charge in [0.2, 0.25) is 0 Å². The Balaban J connectivity index is 2.78. The van der Waals surface area contributed by atoms with E-state index in [4.69, 9.17) is 4.74 Å². The predicted octanol–water partition coefficient (Wildman–Crippen LogP) is 3.86. The van der Waals surface area contributed by atoms with Gasteiger partial charge in [0, 0.05) is 17.4 Å². The fourth-order valence-electron chi connectivity index (χ4n) is 1.75. The summed E-state index contributed by atoms with van der Waals surface area (Å²) in [6, 6.07) is 6.85. The summed E-state index contributed by atoms with van der Waals surface area (Å²) in [6.45, 7) is 6.68. The second kappa shape index (κ2) is 7.70. The SMILES string of the molecule is CNC(C)c1ccc(OC)c(CSCC(C)C)c1. The normalized spacial score (nSPS) is 12.8. The fourth-order valence-corrected chi connectivity index (χ4v) is 2.79. The molecule has 0 bridgehead atoms. The van der Waals surface area contributed by atoms with Crippen LogP contribution in [0.2, 0.25) is 0 Å². The number of hydrogen-bond donors (Lipinski definition) is 1. The molecule has 1 rings (SSSR count). The largest absolute Gasteiger partial charge is 0.496 e. The van der Waals surface area contributed by atoms with E-state index in [0.29, 0.717) is 6.04 Å². The monoisotopic (exact) mass is 267 g/mol. The first-order valence-corrected chi connectivity index (χ1v) is 7.65. The molecule has 3 heteroatoms. The molecule has 102 valence electrons. The van der Waals surface area contributed by atoms with Gasteiger partial charge in [0.25, 0.3) is 0 Å². The molecule has 0 saturated carbocycles. The van der Waals surface area contributed by atoms with Crippen molar-refractivity contribution in [3.63, 3.8) is 0 Å². The number of methoxy groups -OCH3 is 1. The molecule has 2 nitrogen and oxygen atoms in total. The Labute approximate surface area is 116 Å². The summed E-state index contributed by atoms with van der Waals surface area (Å²) in [5, 5.41) is 3.27. The first-order valence-electron chi connectivity index (χ1n) is 6.50. The summed E-state index contributed by atoms with van der Waals surface area (Å²) < 4.78 is 5.44. The van der Waals surface area contributed by atoms with Crippen LogP contribution in [0.4, 0.5) is 0 Å². The molecule has 0 saturated heterocycles. The van der Waals surface area contributed by atoms with Crippen molar-refractivity contribution in [3.8, 4) is 5.75 Å². The van der Waals surface area contributed by atoms with Gasteiger partial charge in [0.1, 0.15) is 5.75 Å². The number of rotatable bonds is 7. The molecule has 1 unspecified atom stereocenters. The van der Waals surface area contributed by atoms with E-state index in [1.54, 1.807) is 7.11 Å². The third-order valence-corrected chi connectivity index (χ3v) is 4.36. The summed E-state index contributed by atoms with van der Waals surface area (Å²) in [4.78, 5) is 0. The minimum Gasteiger partial charge on any atom is -0.496 e. The van der Waals surface area contributed by atoms with Crippen molar-refractivity contribution < 1.29 is 4.74 Å². The van der Waals surface area contributed by atoms with Crippen molar-refractivity contribution in [2.24, 2.45) is 5.92 Å². The molecule has 0 radical (unpaired) electrons. The van der Waals surface area contributed by atoms with Crippen LogP contribution in [0.15, 0.2) is 18.2 Å². The Morgan fingerprint density at radius 1 is 1.28 bits per heavy atom. The third-order valence-electron chi connectivity index (χ3n) is 2.95. The highest BCUT2D eigenvalue weighted by Crippen LogP contribution is 2.27. The Morgan fingerprint density at radius 3 is 2.56 bits per heavy atom. The van der Waals surface area contributed by atoms with Crippen LogP contribution < -0.4 is 10.1 Å². The molecule has 1 N–H and O–H groups in total.